The molecule has 0 aromatic heterocycles. The highest BCUT2D eigenvalue weighted by Crippen LogP contribution is 2.40. The van der Waals surface area contributed by atoms with E-state index in [1.54, 1.807) is 18.9 Å². The molecule has 26 heavy (non-hydrogen) atoms. The van der Waals surface area contributed by atoms with Gasteiger partial charge in [-0.3, -0.25) is 9.69 Å². The summed E-state index contributed by atoms with van der Waals surface area (Å²) in [7, 11) is 1.59. The summed E-state index contributed by atoms with van der Waals surface area (Å²) in [6.07, 6.45) is 1.92. The molecule has 0 saturated carbocycles. The highest BCUT2D eigenvalue weighted by atomic mass is 32.2. The minimum absolute atomic E-state index is 0.0511. The van der Waals surface area contributed by atoms with E-state index in [0.29, 0.717) is 34.4 Å². The van der Waals surface area contributed by atoms with Crippen LogP contribution in [0.15, 0.2) is 53.2 Å². The number of aliphatic imine (C=N–C) groups is 1. The van der Waals surface area contributed by atoms with Crippen molar-refractivity contribution in [2.45, 2.75) is 19.4 Å². The number of carbonyl (C=O) groups is 2. The smallest absolute Gasteiger partial charge is 0.338 e. The van der Waals surface area contributed by atoms with Crippen molar-refractivity contribution in [1.82, 2.24) is 4.90 Å². The predicted octanol–water partition coefficient (Wildman–Crippen LogP) is 3.07. The van der Waals surface area contributed by atoms with Crippen molar-refractivity contribution in [3.63, 3.8) is 0 Å². The number of rotatable bonds is 5. The maximum Gasteiger partial charge on any atom is 0.338 e. The van der Waals surface area contributed by atoms with Crippen LogP contribution in [0, 0.1) is 0 Å². The van der Waals surface area contributed by atoms with Gasteiger partial charge in [-0.05, 0) is 24.6 Å². The molecule has 2 heterocycles. The Morgan fingerprint density at radius 3 is 2.81 bits per heavy atom. The standard InChI is InChI=1S/C19H20N2O4S/c1-4-10-25-18(23)16-12(2)20-19-21(15(22)9-11-26-19)17(16)13-5-7-14(24-3)8-6-13/h4-8,17H,1,9-11H2,2-3H3. The van der Waals surface area contributed by atoms with Crippen molar-refractivity contribution >= 4 is 28.8 Å². The van der Waals surface area contributed by atoms with Gasteiger partial charge in [0.15, 0.2) is 5.17 Å². The Morgan fingerprint density at radius 2 is 2.15 bits per heavy atom. The van der Waals surface area contributed by atoms with E-state index >= 15 is 0 Å². The van der Waals surface area contributed by atoms with Crippen LogP contribution in [-0.2, 0) is 14.3 Å². The number of nitrogens with zero attached hydrogens (tertiary/aromatic N) is 2. The van der Waals surface area contributed by atoms with Gasteiger partial charge in [0.2, 0.25) is 5.91 Å². The van der Waals surface area contributed by atoms with Gasteiger partial charge in [-0.25, -0.2) is 9.79 Å². The summed E-state index contributed by atoms with van der Waals surface area (Å²) in [6.45, 7) is 5.44. The lowest BCUT2D eigenvalue weighted by Gasteiger charge is -2.38. The third-order valence-electron chi connectivity index (χ3n) is 4.19. The third kappa shape index (κ3) is 3.39. The van der Waals surface area contributed by atoms with Gasteiger partial charge in [0.1, 0.15) is 12.4 Å². The molecule has 0 bridgehead atoms. The van der Waals surface area contributed by atoms with E-state index in [2.05, 4.69) is 11.6 Å². The lowest BCUT2D eigenvalue weighted by atomic mass is 9.94. The van der Waals surface area contributed by atoms with E-state index in [1.807, 2.05) is 24.3 Å². The SMILES string of the molecule is C=CCOC(=O)C1=C(C)N=C2SCCC(=O)N2C1c1ccc(OC)cc1. The molecule has 1 aromatic rings. The molecule has 0 aliphatic carbocycles. The number of allylic oxidation sites excluding steroid dienone is 1. The number of carbonyl (C=O) groups excluding carboxylic acids is 2. The average molecular weight is 372 g/mol. The Balaban J connectivity index is 2.09. The Hall–Kier alpha value is -2.54. The van der Waals surface area contributed by atoms with Crippen LogP contribution in [0.3, 0.4) is 0 Å². The Kier molecular flexibility index (Phi) is 5.46. The zero-order valence-electron chi connectivity index (χ0n) is 14.7. The first kappa shape index (κ1) is 18.3. The molecule has 1 saturated heterocycles. The van der Waals surface area contributed by atoms with Crippen LogP contribution in [0.4, 0.5) is 0 Å². The number of thioether (sulfide) groups is 1. The quantitative estimate of drug-likeness (QED) is 0.587. The normalized spacial score (nSPS) is 19.6. The summed E-state index contributed by atoms with van der Waals surface area (Å²) in [5.74, 6) is 0.848. The van der Waals surface area contributed by atoms with E-state index in [-0.39, 0.29) is 12.5 Å². The molecular weight excluding hydrogens is 352 g/mol. The fourth-order valence-corrected chi connectivity index (χ4v) is 3.98. The second-order valence-corrected chi connectivity index (χ2v) is 6.88. The number of methoxy groups -OCH3 is 1. The van der Waals surface area contributed by atoms with E-state index in [0.717, 1.165) is 5.56 Å². The summed E-state index contributed by atoms with van der Waals surface area (Å²) in [6, 6.07) is 6.76. The Bertz CT molecular complexity index is 798. The second kappa shape index (κ2) is 7.78. The van der Waals surface area contributed by atoms with Gasteiger partial charge in [0.25, 0.3) is 0 Å². The van der Waals surface area contributed by atoms with Crippen LogP contribution in [0.2, 0.25) is 0 Å². The van der Waals surface area contributed by atoms with Crippen molar-refractivity contribution in [2.24, 2.45) is 4.99 Å². The van der Waals surface area contributed by atoms with Crippen LogP contribution in [0.25, 0.3) is 0 Å². The van der Waals surface area contributed by atoms with Crippen molar-refractivity contribution in [3.05, 3.63) is 53.8 Å². The molecular formula is C19H20N2O4S. The number of esters is 1. The minimum atomic E-state index is -0.564. The fourth-order valence-electron chi connectivity index (χ4n) is 2.97. The van der Waals surface area contributed by atoms with Crippen LogP contribution >= 0.6 is 11.8 Å². The summed E-state index contributed by atoms with van der Waals surface area (Å²) < 4.78 is 10.5. The summed E-state index contributed by atoms with van der Waals surface area (Å²) in [4.78, 5) is 31.4. The third-order valence-corrected chi connectivity index (χ3v) is 5.14. The van der Waals surface area contributed by atoms with Crippen molar-refractivity contribution in [1.29, 1.82) is 0 Å². The molecule has 7 heteroatoms. The highest BCUT2D eigenvalue weighted by molar-refractivity contribution is 8.14. The molecule has 6 nitrogen and oxygen atoms in total. The molecule has 1 aromatic carbocycles. The summed E-state index contributed by atoms with van der Waals surface area (Å²) >= 11 is 1.52. The Morgan fingerprint density at radius 1 is 1.42 bits per heavy atom. The molecule has 2 aliphatic rings. The topological polar surface area (TPSA) is 68.2 Å². The number of hydrogen-bond acceptors (Lipinski definition) is 6. The average Bonchev–Trinajstić information content (AvgIpc) is 2.65. The number of amides is 1. The maximum atomic E-state index is 12.7. The van der Waals surface area contributed by atoms with Gasteiger partial charge in [-0.2, -0.15) is 0 Å². The molecule has 1 atom stereocenters. The molecule has 0 radical (unpaired) electrons. The number of amidine groups is 1. The van der Waals surface area contributed by atoms with Crippen LogP contribution in [0.1, 0.15) is 24.9 Å². The molecule has 3 rings (SSSR count). The number of fused-ring (bicyclic) bond motifs is 1. The van der Waals surface area contributed by atoms with Gasteiger partial charge in [-0.15, -0.1) is 0 Å². The molecule has 0 N–H and O–H groups in total. The highest BCUT2D eigenvalue weighted by Gasteiger charge is 2.41. The minimum Gasteiger partial charge on any atom is -0.497 e. The van der Waals surface area contributed by atoms with Crippen LogP contribution in [-0.4, -0.2) is 41.4 Å². The zero-order chi connectivity index (χ0) is 18.7. The van der Waals surface area contributed by atoms with E-state index < -0.39 is 12.0 Å². The van der Waals surface area contributed by atoms with Crippen molar-refractivity contribution in [2.75, 3.05) is 19.5 Å². The van der Waals surface area contributed by atoms with Crippen molar-refractivity contribution in [3.8, 4) is 5.75 Å². The summed E-state index contributed by atoms with van der Waals surface area (Å²) in [5, 5.41) is 0.625. The first-order chi connectivity index (χ1) is 12.6. The second-order valence-electron chi connectivity index (χ2n) is 5.82. The van der Waals surface area contributed by atoms with Crippen LogP contribution < -0.4 is 4.74 Å². The lowest BCUT2D eigenvalue weighted by Crippen LogP contribution is -2.45. The molecule has 136 valence electrons. The largest absolute Gasteiger partial charge is 0.497 e. The molecule has 1 amide bonds. The van der Waals surface area contributed by atoms with Gasteiger partial charge >= 0.3 is 5.97 Å². The molecule has 1 unspecified atom stereocenters. The maximum absolute atomic E-state index is 12.7. The van der Waals surface area contributed by atoms with Crippen molar-refractivity contribution < 1.29 is 19.1 Å². The number of hydrogen-bond donors (Lipinski definition) is 0. The summed E-state index contributed by atoms with van der Waals surface area (Å²) in [5.41, 5.74) is 1.74. The molecule has 1 fully saturated rings. The first-order valence-electron chi connectivity index (χ1n) is 8.23. The Labute approximate surface area is 156 Å². The predicted molar refractivity (Wildman–Crippen MR) is 101 cm³/mol. The van der Waals surface area contributed by atoms with Gasteiger partial charge in [0.05, 0.1) is 24.4 Å². The van der Waals surface area contributed by atoms with Gasteiger partial charge < -0.3 is 9.47 Å². The lowest BCUT2D eigenvalue weighted by molar-refractivity contribution is -0.139. The molecule has 0 spiro atoms. The van der Waals surface area contributed by atoms with Gasteiger partial charge in [0, 0.05) is 12.2 Å². The fraction of sp³-hybridized carbons (Fsp3) is 0.316. The number of ether oxygens (including phenoxy) is 2. The first-order valence-corrected chi connectivity index (χ1v) is 9.21. The van der Waals surface area contributed by atoms with Crippen LogP contribution in [0.5, 0.6) is 5.75 Å². The molecule has 2 aliphatic heterocycles. The number of benzene rings is 1. The monoisotopic (exact) mass is 372 g/mol. The van der Waals surface area contributed by atoms with E-state index in [1.165, 1.54) is 17.8 Å². The van der Waals surface area contributed by atoms with E-state index in [9.17, 15) is 9.59 Å². The van der Waals surface area contributed by atoms with Gasteiger partial charge in [-0.1, -0.05) is 36.5 Å². The zero-order valence-corrected chi connectivity index (χ0v) is 15.5. The van der Waals surface area contributed by atoms with E-state index in [4.69, 9.17) is 9.47 Å².